The predicted molar refractivity (Wildman–Crippen MR) is 76.3 cm³/mol. The smallest absolute Gasteiger partial charge is 0.222 e. The third kappa shape index (κ3) is 3.58. The second-order valence-electron chi connectivity index (χ2n) is 4.60. The lowest BCUT2D eigenvalue weighted by Gasteiger charge is -2.06. The van der Waals surface area contributed by atoms with Crippen LogP contribution in [0.5, 0.6) is 0 Å². The fourth-order valence-corrected chi connectivity index (χ4v) is 1.68. The van der Waals surface area contributed by atoms with E-state index in [0.29, 0.717) is 11.7 Å². The van der Waals surface area contributed by atoms with Crippen molar-refractivity contribution in [1.82, 2.24) is 0 Å². The zero-order chi connectivity index (χ0) is 13.7. The molecule has 2 aromatic rings. The predicted octanol–water partition coefficient (Wildman–Crippen LogP) is 4.21. The maximum atomic E-state index is 11.6. The Morgan fingerprint density at radius 2 is 1.95 bits per heavy atom. The van der Waals surface area contributed by atoms with Crippen molar-refractivity contribution in [3.8, 4) is 0 Å². The molecule has 0 aliphatic rings. The van der Waals surface area contributed by atoms with Crippen LogP contribution in [0, 0.1) is 0 Å². The molecule has 0 fully saturated rings. The van der Waals surface area contributed by atoms with E-state index < -0.39 is 0 Å². The van der Waals surface area contributed by atoms with E-state index in [4.69, 9.17) is 4.42 Å². The maximum Gasteiger partial charge on any atom is 0.222 e. The summed E-state index contributed by atoms with van der Waals surface area (Å²) < 4.78 is 5.01. The lowest BCUT2D eigenvalue weighted by atomic mass is 10.0. The molecule has 3 nitrogen and oxygen atoms in total. The molecule has 0 amide bonds. The molecule has 1 heterocycles. The molecule has 0 atom stereocenters. The first-order valence-corrected chi connectivity index (χ1v) is 6.27. The van der Waals surface area contributed by atoms with Crippen LogP contribution in [0.2, 0.25) is 0 Å². The minimum absolute atomic E-state index is 0.156. The molecule has 0 aliphatic carbocycles. The first-order chi connectivity index (χ1) is 9.16. The van der Waals surface area contributed by atoms with Crippen LogP contribution in [0.15, 0.2) is 59.4 Å². The van der Waals surface area contributed by atoms with E-state index in [1.54, 1.807) is 18.3 Å². The van der Waals surface area contributed by atoms with E-state index in [0.717, 1.165) is 5.69 Å². The number of benzene rings is 1. The van der Waals surface area contributed by atoms with Crippen molar-refractivity contribution in [3.05, 3.63) is 66.3 Å². The molecule has 0 spiro atoms. The van der Waals surface area contributed by atoms with Crippen LogP contribution in [0.25, 0.3) is 0 Å². The number of rotatable bonds is 5. The molecule has 1 N–H and O–H groups in total. The van der Waals surface area contributed by atoms with Crippen molar-refractivity contribution in [2.45, 2.75) is 19.8 Å². The number of nitrogens with one attached hydrogen (secondary N) is 1. The molecule has 98 valence electrons. The van der Waals surface area contributed by atoms with Crippen molar-refractivity contribution in [2.24, 2.45) is 0 Å². The lowest BCUT2D eigenvalue weighted by Crippen LogP contribution is -1.94. The highest BCUT2D eigenvalue weighted by Gasteiger charge is 2.03. The quantitative estimate of drug-likeness (QED) is 0.642. The van der Waals surface area contributed by atoms with Gasteiger partial charge in [-0.25, -0.2) is 0 Å². The Kier molecular flexibility index (Phi) is 4.18. The Hall–Kier alpha value is -2.29. The summed E-state index contributed by atoms with van der Waals surface area (Å²) >= 11 is 0. The molecular formula is C16H17NO2. The third-order valence-corrected chi connectivity index (χ3v) is 2.83. The van der Waals surface area contributed by atoms with E-state index in [2.05, 4.69) is 31.3 Å². The van der Waals surface area contributed by atoms with Crippen LogP contribution in [-0.2, 0) is 0 Å². The topological polar surface area (TPSA) is 42.2 Å². The highest BCUT2D eigenvalue weighted by molar-refractivity contribution is 6.02. The average Bonchev–Trinajstić information content (AvgIpc) is 2.93. The fraction of sp³-hybridized carbons (Fsp3) is 0.188. The van der Waals surface area contributed by atoms with Crippen molar-refractivity contribution in [2.75, 3.05) is 5.32 Å². The van der Waals surface area contributed by atoms with Crippen molar-refractivity contribution < 1.29 is 9.21 Å². The first kappa shape index (κ1) is 13.1. The molecule has 0 aliphatic heterocycles. The summed E-state index contributed by atoms with van der Waals surface area (Å²) in [6, 6.07) is 11.5. The van der Waals surface area contributed by atoms with Gasteiger partial charge in [0.25, 0.3) is 0 Å². The highest BCUT2D eigenvalue weighted by Crippen LogP contribution is 2.17. The zero-order valence-electron chi connectivity index (χ0n) is 11.1. The Morgan fingerprint density at radius 3 is 2.53 bits per heavy atom. The van der Waals surface area contributed by atoms with Crippen molar-refractivity contribution >= 4 is 11.5 Å². The largest absolute Gasteiger partial charge is 0.461 e. The Bertz CT molecular complexity index is 551. The van der Waals surface area contributed by atoms with E-state index >= 15 is 0 Å². The molecular weight excluding hydrogens is 238 g/mol. The molecule has 0 unspecified atom stereocenters. The second-order valence-corrected chi connectivity index (χ2v) is 4.60. The summed E-state index contributed by atoms with van der Waals surface area (Å²) in [6.45, 7) is 4.31. The Labute approximate surface area is 112 Å². The van der Waals surface area contributed by atoms with Gasteiger partial charge in [-0.05, 0) is 35.7 Å². The molecule has 0 bridgehead atoms. The minimum Gasteiger partial charge on any atom is -0.461 e. The Balaban J connectivity index is 1.93. The summed E-state index contributed by atoms with van der Waals surface area (Å²) in [4.78, 5) is 11.6. The van der Waals surface area contributed by atoms with E-state index in [1.165, 1.54) is 17.9 Å². The summed E-state index contributed by atoms with van der Waals surface area (Å²) in [6.07, 6.45) is 4.56. The van der Waals surface area contributed by atoms with Gasteiger partial charge in [0, 0.05) is 18.0 Å². The number of furan rings is 1. The van der Waals surface area contributed by atoms with Gasteiger partial charge in [-0.2, -0.15) is 0 Å². The molecule has 1 aromatic carbocycles. The molecule has 2 rings (SSSR count). The zero-order valence-corrected chi connectivity index (χ0v) is 11.1. The van der Waals surface area contributed by atoms with E-state index in [1.807, 2.05) is 12.1 Å². The Morgan fingerprint density at radius 1 is 1.21 bits per heavy atom. The summed E-state index contributed by atoms with van der Waals surface area (Å²) in [7, 11) is 0. The number of hydrogen-bond donors (Lipinski definition) is 1. The molecule has 0 radical (unpaired) electrons. The molecule has 0 saturated carbocycles. The maximum absolute atomic E-state index is 11.6. The summed E-state index contributed by atoms with van der Waals surface area (Å²) in [5.41, 5.74) is 2.24. The first-order valence-electron chi connectivity index (χ1n) is 6.27. The van der Waals surface area contributed by atoms with Crippen LogP contribution in [0.1, 0.15) is 35.9 Å². The normalized spacial score (nSPS) is 11.1. The van der Waals surface area contributed by atoms with Gasteiger partial charge in [0.1, 0.15) is 0 Å². The number of hydrogen-bond acceptors (Lipinski definition) is 3. The molecule has 1 aromatic heterocycles. The van der Waals surface area contributed by atoms with Gasteiger partial charge in [0.15, 0.2) is 5.76 Å². The standard InChI is InChI=1S/C16H17NO2/c1-12(2)13-5-7-14(8-6-13)17-10-9-15(18)16-4-3-11-19-16/h3-12,17H,1-2H3. The molecule has 3 heteroatoms. The second kappa shape index (κ2) is 6.05. The molecule has 19 heavy (non-hydrogen) atoms. The van der Waals surface area contributed by atoms with Gasteiger partial charge >= 0.3 is 0 Å². The van der Waals surface area contributed by atoms with Gasteiger partial charge in [-0.15, -0.1) is 0 Å². The van der Waals surface area contributed by atoms with E-state index in [9.17, 15) is 4.79 Å². The SMILES string of the molecule is CC(C)c1ccc(NC=CC(=O)c2ccco2)cc1. The third-order valence-electron chi connectivity index (χ3n) is 2.83. The van der Waals surface area contributed by atoms with Gasteiger partial charge in [-0.1, -0.05) is 26.0 Å². The van der Waals surface area contributed by atoms with Crippen LogP contribution in [0.3, 0.4) is 0 Å². The fourth-order valence-electron chi connectivity index (χ4n) is 1.68. The number of anilines is 1. The lowest BCUT2D eigenvalue weighted by molar-refractivity contribution is 0.102. The van der Waals surface area contributed by atoms with Gasteiger partial charge in [0.05, 0.1) is 6.26 Å². The number of ketones is 1. The monoisotopic (exact) mass is 255 g/mol. The number of allylic oxidation sites excluding steroid dienone is 1. The van der Waals surface area contributed by atoms with Crippen molar-refractivity contribution in [1.29, 1.82) is 0 Å². The summed E-state index contributed by atoms with van der Waals surface area (Å²) in [5, 5.41) is 3.06. The van der Waals surface area contributed by atoms with E-state index in [-0.39, 0.29) is 5.78 Å². The van der Waals surface area contributed by atoms with Gasteiger partial charge < -0.3 is 9.73 Å². The number of carbonyl (C=O) groups excluding carboxylic acids is 1. The van der Waals surface area contributed by atoms with Gasteiger partial charge in [-0.3, -0.25) is 4.79 Å². The van der Waals surface area contributed by atoms with Gasteiger partial charge in [0.2, 0.25) is 5.78 Å². The highest BCUT2D eigenvalue weighted by atomic mass is 16.3. The van der Waals surface area contributed by atoms with Crippen molar-refractivity contribution in [3.63, 3.8) is 0 Å². The minimum atomic E-state index is -0.156. The van der Waals surface area contributed by atoms with Crippen LogP contribution < -0.4 is 5.32 Å². The van der Waals surface area contributed by atoms with Crippen LogP contribution in [0.4, 0.5) is 5.69 Å². The molecule has 0 saturated heterocycles. The number of carbonyl (C=O) groups is 1. The van der Waals surface area contributed by atoms with Crippen LogP contribution >= 0.6 is 0 Å². The summed E-state index contributed by atoms with van der Waals surface area (Å²) in [5.74, 6) is 0.703. The average molecular weight is 255 g/mol. The van der Waals surface area contributed by atoms with Crippen LogP contribution in [-0.4, -0.2) is 5.78 Å².